The minimum absolute atomic E-state index is 0.289. The van der Waals surface area contributed by atoms with Gasteiger partial charge < -0.3 is 14.8 Å². The number of aromatic nitrogens is 2. The number of amides is 1. The predicted octanol–water partition coefficient (Wildman–Crippen LogP) is 1.75. The van der Waals surface area contributed by atoms with Crippen molar-refractivity contribution < 1.29 is 18.0 Å². The number of H-pyrrole nitrogens is 1. The van der Waals surface area contributed by atoms with Gasteiger partial charge in [-0.05, 0) is 24.3 Å². The van der Waals surface area contributed by atoms with Crippen molar-refractivity contribution in [2.24, 2.45) is 0 Å². The van der Waals surface area contributed by atoms with Crippen molar-refractivity contribution in [2.45, 2.75) is 6.18 Å². The number of piperazine rings is 1. The van der Waals surface area contributed by atoms with Crippen LogP contribution in [-0.4, -0.2) is 47.0 Å². The maximum atomic E-state index is 12.6. The lowest BCUT2D eigenvalue weighted by molar-refractivity contribution is -0.141. The summed E-state index contributed by atoms with van der Waals surface area (Å²) in [6, 6.07) is 5.36. The second-order valence-electron chi connectivity index (χ2n) is 5.60. The van der Waals surface area contributed by atoms with Crippen molar-refractivity contribution in [2.75, 3.05) is 31.1 Å². The third-order valence-corrected chi connectivity index (χ3v) is 4.02. The van der Waals surface area contributed by atoms with Crippen LogP contribution < -0.4 is 10.5 Å². The summed E-state index contributed by atoms with van der Waals surface area (Å²) in [6.45, 7) is 1.84. The van der Waals surface area contributed by atoms with Gasteiger partial charge in [-0.25, -0.2) is 0 Å². The van der Waals surface area contributed by atoms with E-state index in [1.807, 2.05) is 17.0 Å². The minimum Gasteiger partial charge on any atom is -0.367 e. The minimum atomic E-state index is -4.66. The van der Waals surface area contributed by atoms with Crippen LogP contribution in [0.2, 0.25) is 0 Å². The zero-order chi connectivity index (χ0) is 18.0. The van der Waals surface area contributed by atoms with E-state index in [-0.39, 0.29) is 5.56 Å². The molecular formula is C16H15F3N4O2. The third-order valence-electron chi connectivity index (χ3n) is 4.02. The molecule has 0 aliphatic carbocycles. The quantitative estimate of drug-likeness (QED) is 0.894. The summed E-state index contributed by atoms with van der Waals surface area (Å²) < 4.78 is 37.8. The van der Waals surface area contributed by atoms with E-state index < -0.39 is 23.3 Å². The molecule has 0 bridgehead atoms. The molecule has 25 heavy (non-hydrogen) atoms. The highest BCUT2D eigenvalue weighted by atomic mass is 19.4. The number of pyridine rings is 2. The van der Waals surface area contributed by atoms with Crippen molar-refractivity contribution in [1.82, 2.24) is 14.9 Å². The summed E-state index contributed by atoms with van der Waals surface area (Å²) in [5.41, 5.74) is -1.56. The highest BCUT2D eigenvalue weighted by Crippen LogP contribution is 2.26. The van der Waals surface area contributed by atoms with E-state index in [9.17, 15) is 22.8 Å². The maximum Gasteiger partial charge on any atom is 0.431 e. The molecule has 132 valence electrons. The van der Waals surface area contributed by atoms with E-state index >= 15 is 0 Å². The van der Waals surface area contributed by atoms with Gasteiger partial charge in [0.1, 0.15) is 11.3 Å². The average molecular weight is 352 g/mol. The molecule has 2 aromatic rings. The van der Waals surface area contributed by atoms with Crippen LogP contribution in [0.1, 0.15) is 16.1 Å². The molecule has 9 heteroatoms. The number of aromatic amines is 1. The van der Waals surface area contributed by atoms with Crippen LogP contribution in [-0.2, 0) is 6.18 Å². The first-order valence-corrected chi connectivity index (χ1v) is 7.61. The van der Waals surface area contributed by atoms with Crippen LogP contribution >= 0.6 is 0 Å². The summed E-state index contributed by atoms with van der Waals surface area (Å²) >= 11 is 0. The Morgan fingerprint density at radius 2 is 1.84 bits per heavy atom. The van der Waals surface area contributed by atoms with Gasteiger partial charge >= 0.3 is 6.18 Å². The Balaban J connectivity index is 1.70. The predicted molar refractivity (Wildman–Crippen MR) is 84.4 cm³/mol. The second kappa shape index (κ2) is 6.58. The average Bonchev–Trinajstić information content (AvgIpc) is 2.61. The molecular weight excluding hydrogens is 337 g/mol. The first kappa shape index (κ1) is 17.0. The Labute approximate surface area is 140 Å². The van der Waals surface area contributed by atoms with E-state index in [0.29, 0.717) is 32.2 Å². The Bertz CT molecular complexity index is 812. The molecule has 0 saturated carbocycles. The van der Waals surface area contributed by atoms with Gasteiger partial charge in [-0.2, -0.15) is 13.2 Å². The smallest absolute Gasteiger partial charge is 0.367 e. The van der Waals surface area contributed by atoms with Crippen molar-refractivity contribution in [1.29, 1.82) is 0 Å². The summed E-state index contributed by atoms with van der Waals surface area (Å²) in [6.07, 6.45) is -1.27. The van der Waals surface area contributed by atoms with Gasteiger partial charge in [0, 0.05) is 32.4 Å². The Kier molecular flexibility index (Phi) is 4.47. The highest BCUT2D eigenvalue weighted by Gasteiger charge is 2.33. The summed E-state index contributed by atoms with van der Waals surface area (Å²) in [5.74, 6) is -0.569. The molecule has 0 atom stereocenters. The van der Waals surface area contributed by atoms with Crippen LogP contribution in [0.25, 0.3) is 0 Å². The molecule has 1 aliphatic heterocycles. The van der Waals surface area contributed by atoms with Gasteiger partial charge in [-0.1, -0.05) is 0 Å². The van der Waals surface area contributed by atoms with Crippen molar-refractivity contribution in [3.63, 3.8) is 0 Å². The lowest BCUT2D eigenvalue weighted by atomic mass is 10.2. The van der Waals surface area contributed by atoms with Gasteiger partial charge in [-0.15, -0.1) is 0 Å². The summed E-state index contributed by atoms with van der Waals surface area (Å²) in [7, 11) is 0. The summed E-state index contributed by atoms with van der Waals surface area (Å²) in [4.78, 5) is 33.5. The van der Waals surface area contributed by atoms with Gasteiger partial charge in [0.15, 0.2) is 0 Å². The van der Waals surface area contributed by atoms with Gasteiger partial charge in [0.05, 0.1) is 11.9 Å². The molecule has 0 radical (unpaired) electrons. The van der Waals surface area contributed by atoms with Crippen LogP contribution in [0.3, 0.4) is 0 Å². The van der Waals surface area contributed by atoms with Gasteiger partial charge in [0.25, 0.3) is 11.5 Å². The number of anilines is 1. The fourth-order valence-corrected chi connectivity index (χ4v) is 2.69. The zero-order valence-corrected chi connectivity index (χ0v) is 13.1. The number of hydrogen-bond donors (Lipinski definition) is 1. The number of carbonyl (C=O) groups is 1. The fraction of sp³-hybridized carbons (Fsp3) is 0.312. The Hall–Kier alpha value is -2.84. The molecule has 2 aromatic heterocycles. The van der Waals surface area contributed by atoms with E-state index in [4.69, 9.17) is 0 Å². The lowest BCUT2D eigenvalue weighted by Crippen LogP contribution is -2.49. The Morgan fingerprint density at radius 1 is 1.12 bits per heavy atom. The molecule has 1 saturated heterocycles. The number of halogens is 3. The number of hydrogen-bond acceptors (Lipinski definition) is 4. The second-order valence-corrected chi connectivity index (χ2v) is 5.60. The number of carbonyl (C=O) groups excluding carboxylic acids is 1. The topological polar surface area (TPSA) is 69.3 Å². The molecule has 0 aromatic carbocycles. The molecule has 1 fully saturated rings. The monoisotopic (exact) mass is 352 g/mol. The number of nitrogens with one attached hydrogen (secondary N) is 1. The van der Waals surface area contributed by atoms with E-state index in [1.54, 1.807) is 17.4 Å². The standard InChI is InChI=1S/C16H15F3N4O2/c17-16(18,19)13-4-3-12(14(24)21-13)15(25)23-8-6-22(7-9-23)11-2-1-5-20-10-11/h1-5,10H,6-9H2,(H,21,24). The first-order chi connectivity index (χ1) is 11.9. The third kappa shape index (κ3) is 3.65. The Morgan fingerprint density at radius 3 is 2.40 bits per heavy atom. The van der Waals surface area contributed by atoms with E-state index in [1.165, 1.54) is 4.90 Å². The number of alkyl halides is 3. The van der Waals surface area contributed by atoms with Gasteiger partial charge in [0.2, 0.25) is 0 Å². The zero-order valence-electron chi connectivity index (χ0n) is 13.1. The molecule has 6 nitrogen and oxygen atoms in total. The normalized spacial score (nSPS) is 15.3. The van der Waals surface area contributed by atoms with Gasteiger partial charge in [-0.3, -0.25) is 14.6 Å². The van der Waals surface area contributed by atoms with Crippen LogP contribution in [0, 0.1) is 0 Å². The van der Waals surface area contributed by atoms with Crippen LogP contribution in [0.4, 0.5) is 18.9 Å². The van der Waals surface area contributed by atoms with Crippen molar-refractivity contribution in [3.8, 4) is 0 Å². The molecule has 0 unspecified atom stereocenters. The maximum absolute atomic E-state index is 12.6. The molecule has 0 spiro atoms. The SMILES string of the molecule is O=C(c1ccc(C(F)(F)F)[nH]c1=O)N1CCN(c2cccnc2)CC1. The largest absolute Gasteiger partial charge is 0.431 e. The highest BCUT2D eigenvalue weighted by molar-refractivity contribution is 5.94. The lowest BCUT2D eigenvalue weighted by Gasteiger charge is -2.35. The molecule has 3 heterocycles. The fourth-order valence-electron chi connectivity index (χ4n) is 2.69. The van der Waals surface area contributed by atoms with E-state index in [2.05, 4.69) is 4.98 Å². The van der Waals surface area contributed by atoms with Crippen molar-refractivity contribution >= 4 is 11.6 Å². The molecule has 1 N–H and O–H groups in total. The molecule has 1 aliphatic rings. The van der Waals surface area contributed by atoms with Crippen LogP contribution in [0.5, 0.6) is 0 Å². The first-order valence-electron chi connectivity index (χ1n) is 7.61. The number of nitrogens with zero attached hydrogens (tertiary/aromatic N) is 3. The molecule has 3 rings (SSSR count). The van der Waals surface area contributed by atoms with Crippen molar-refractivity contribution in [3.05, 3.63) is 58.3 Å². The molecule has 1 amide bonds. The summed E-state index contributed by atoms with van der Waals surface area (Å²) in [5, 5.41) is 0. The van der Waals surface area contributed by atoms with E-state index in [0.717, 1.165) is 11.8 Å². The number of rotatable bonds is 2. The van der Waals surface area contributed by atoms with Crippen LogP contribution in [0.15, 0.2) is 41.5 Å².